The molecular formula is C22H45NO4S. The molecule has 0 aliphatic heterocycles. The SMILES string of the molecule is C=CCC(CC=C)CCCCCCCCCCCCC[NH3+].CCOS(=O)(=O)[O-]. The maximum atomic E-state index is 9.45. The molecule has 3 N–H and O–H groups in total. The van der Waals surface area contributed by atoms with E-state index in [2.05, 4.69) is 35.2 Å². The van der Waals surface area contributed by atoms with Gasteiger partial charge in [0.1, 0.15) is 0 Å². The molecule has 0 bridgehead atoms. The summed E-state index contributed by atoms with van der Waals surface area (Å²) in [7, 11) is -4.42. The van der Waals surface area contributed by atoms with Crippen molar-refractivity contribution in [3.05, 3.63) is 25.3 Å². The molecule has 0 spiro atoms. The molecule has 0 atom stereocenters. The van der Waals surface area contributed by atoms with Crippen molar-refractivity contribution >= 4 is 10.4 Å². The highest BCUT2D eigenvalue weighted by Gasteiger charge is 2.04. The average molecular weight is 420 g/mol. The van der Waals surface area contributed by atoms with Gasteiger partial charge in [0, 0.05) is 0 Å². The van der Waals surface area contributed by atoms with Crippen LogP contribution in [0.2, 0.25) is 0 Å². The number of hydrogen-bond donors (Lipinski definition) is 1. The monoisotopic (exact) mass is 419 g/mol. The molecule has 28 heavy (non-hydrogen) atoms. The molecule has 0 amide bonds. The molecule has 0 aromatic carbocycles. The minimum absolute atomic E-state index is 0.0914. The number of quaternary nitrogens is 1. The highest BCUT2D eigenvalue weighted by Crippen LogP contribution is 2.19. The normalized spacial score (nSPS) is 11.1. The van der Waals surface area contributed by atoms with E-state index in [1.807, 2.05) is 0 Å². The van der Waals surface area contributed by atoms with Gasteiger partial charge < -0.3 is 10.3 Å². The van der Waals surface area contributed by atoms with Crippen LogP contribution >= 0.6 is 0 Å². The van der Waals surface area contributed by atoms with Crippen LogP contribution in [0.15, 0.2) is 25.3 Å². The molecule has 168 valence electrons. The van der Waals surface area contributed by atoms with Gasteiger partial charge >= 0.3 is 0 Å². The Morgan fingerprint density at radius 3 is 1.54 bits per heavy atom. The van der Waals surface area contributed by atoms with E-state index in [0.29, 0.717) is 0 Å². The Labute approximate surface area is 174 Å². The molecule has 0 radical (unpaired) electrons. The maximum absolute atomic E-state index is 9.45. The lowest BCUT2D eigenvalue weighted by atomic mass is 9.94. The lowest BCUT2D eigenvalue weighted by Crippen LogP contribution is -2.50. The van der Waals surface area contributed by atoms with E-state index in [9.17, 15) is 13.0 Å². The zero-order valence-electron chi connectivity index (χ0n) is 18.2. The summed E-state index contributed by atoms with van der Waals surface area (Å²) in [6.45, 7) is 10.2. The van der Waals surface area contributed by atoms with Gasteiger partial charge in [-0.25, -0.2) is 8.42 Å². The number of rotatable bonds is 19. The first-order chi connectivity index (χ1) is 13.4. The van der Waals surface area contributed by atoms with Gasteiger partial charge in [-0.2, -0.15) is 0 Å². The molecule has 0 saturated heterocycles. The molecule has 5 nitrogen and oxygen atoms in total. The first kappa shape index (κ1) is 29.5. The summed E-state index contributed by atoms with van der Waals surface area (Å²) < 4.78 is 32.0. The van der Waals surface area contributed by atoms with Crippen molar-refractivity contribution in [3.63, 3.8) is 0 Å². The van der Waals surface area contributed by atoms with Crippen molar-refractivity contribution in [2.24, 2.45) is 5.92 Å². The van der Waals surface area contributed by atoms with Crippen LogP contribution < -0.4 is 5.73 Å². The van der Waals surface area contributed by atoms with Gasteiger partial charge in [0.15, 0.2) is 0 Å². The Morgan fingerprint density at radius 1 is 0.857 bits per heavy atom. The van der Waals surface area contributed by atoms with E-state index in [-0.39, 0.29) is 6.61 Å². The number of unbranched alkanes of at least 4 members (excludes halogenated alkanes) is 10. The zero-order chi connectivity index (χ0) is 21.5. The Kier molecular flexibility index (Phi) is 23.8. The minimum Gasteiger partial charge on any atom is -0.726 e. The summed E-state index contributed by atoms with van der Waals surface area (Å²) in [5, 5.41) is 0. The highest BCUT2D eigenvalue weighted by atomic mass is 32.3. The standard InChI is InChI=1S/C20H39N.C2H6O4S/c1-3-16-20(17-4-2)18-14-12-10-8-6-5-7-9-11-13-15-19-21;1-2-6-7(3,4)5/h3-4,20H,1-2,5-19,21H2;2H2,1H3,(H,3,4,5). The zero-order valence-corrected chi connectivity index (χ0v) is 19.0. The summed E-state index contributed by atoms with van der Waals surface area (Å²) >= 11 is 0. The Balaban J connectivity index is 0. The predicted molar refractivity (Wildman–Crippen MR) is 118 cm³/mol. The highest BCUT2D eigenvalue weighted by molar-refractivity contribution is 7.80. The lowest BCUT2D eigenvalue weighted by molar-refractivity contribution is -0.368. The Bertz CT molecular complexity index is 428. The fraction of sp³-hybridized carbons (Fsp3) is 0.818. The minimum atomic E-state index is -4.42. The van der Waals surface area contributed by atoms with Crippen molar-refractivity contribution < 1.29 is 22.9 Å². The smallest absolute Gasteiger partial charge is 0.217 e. The topological polar surface area (TPSA) is 94.1 Å². The van der Waals surface area contributed by atoms with Gasteiger partial charge in [-0.05, 0) is 44.9 Å². The molecule has 0 unspecified atom stereocenters. The first-order valence-corrected chi connectivity index (χ1v) is 12.4. The van der Waals surface area contributed by atoms with Crippen LogP contribution in [0.25, 0.3) is 0 Å². The molecule has 0 aliphatic carbocycles. The van der Waals surface area contributed by atoms with Crippen molar-refractivity contribution in [1.82, 2.24) is 0 Å². The fourth-order valence-electron chi connectivity index (χ4n) is 3.15. The first-order valence-electron chi connectivity index (χ1n) is 11.0. The van der Waals surface area contributed by atoms with Gasteiger partial charge in [-0.15, -0.1) is 13.2 Å². The third-order valence-electron chi connectivity index (χ3n) is 4.62. The van der Waals surface area contributed by atoms with Crippen molar-refractivity contribution in [1.29, 1.82) is 0 Å². The third kappa shape index (κ3) is 27.5. The largest absolute Gasteiger partial charge is 0.726 e. The van der Waals surface area contributed by atoms with Crippen LogP contribution in [-0.4, -0.2) is 26.1 Å². The van der Waals surface area contributed by atoms with Crippen molar-refractivity contribution in [3.8, 4) is 0 Å². The molecule has 0 aromatic rings. The van der Waals surface area contributed by atoms with Gasteiger partial charge in [0.05, 0.1) is 13.2 Å². The molecule has 0 aromatic heterocycles. The Hall–Kier alpha value is -0.690. The van der Waals surface area contributed by atoms with Crippen LogP contribution in [0.4, 0.5) is 0 Å². The predicted octanol–water partition coefficient (Wildman–Crippen LogP) is 5.16. The van der Waals surface area contributed by atoms with E-state index in [1.54, 1.807) is 0 Å². The second-order valence-electron chi connectivity index (χ2n) is 7.26. The van der Waals surface area contributed by atoms with Gasteiger partial charge in [0.25, 0.3) is 0 Å². The second-order valence-corrected chi connectivity index (χ2v) is 8.31. The lowest BCUT2D eigenvalue weighted by Gasteiger charge is -2.12. The molecule has 0 rings (SSSR count). The van der Waals surface area contributed by atoms with Crippen LogP contribution in [0.1, 0.15) is 96.8 Å². The average Bonchev–Trinajstić information content (AvgIpc) is 2.62. The van der Waals surface area contributed by atoms with E-state index in [1.165, 1.54) is 84.0 Å². The fourth-order valence-corrected chi connectivity index (χ4v) is 3.44. The summed E-state index contributed by atoms with van der Waals surface area (Å²) in [4.78, 5) is 0. The summed E-state index contributed by atoms with van der Waals surface area (Å²) in [5.74, 6) is 0.790. The molecule has 6 heteroatoms. The van der Waals surface area contributed by atoms with Crippen LogP contribution in [0.3, 0.4) is 0 Å². The third-order valence-corrected chi connectivity index (χ3v) is 5.15. The van der Waals surface area contributed by atoms with Crippen LogP contribution in [0, 0.1) is 5.92 Å². The molecular weight excluding hydrogens is 374 g/mol. The number of allylic oxidation sites excluding steroid dienone is 2. The van der Waals surface area contributed by atoms with Crippen LogP contribution in [0.5, 0.6) is 0 Å². The molecule has 0 saturated carbocycles. The summed E-state index contributed by atoms with van der Waals surface area (Å²) in [6.07, 6.45) is 23.3. The summed E-state index contributed by atoms with van der Waals surface area (Å²) in [6, 6.07) is 0. The molecule has 0 fully saturated rings. The quantitative estimate of drug-likeness (QED) is 0.135. The second kappa shape index (κ2) is 22.6. The molecule has 0 aliphatic rings. The summed E-state index contributed by atoms with van der Waals surface area (Å²) in [5.41, 5.74) is 3.89. The van der Waals surface area contributed by atoms with E-state index in [4.69, 9.17) is 0 Å². The van der Waals surface area contributed by atoms with E-state index < -0.39 is 10.4 Å². The van der Waals surface area contributed by atoms with Crippen molar-refractivity contribution in [2.75, 3.05) is 13.2 Å². The molecule has 0 heterocycles. The maximum Gasteiger partial charge on any atom is 0.217 e. The number of hydrogen-bond acceptors (Lipinski definition) is 4. The van der Waals surface area contributed by atoms with E-state index >= 15 is 0 Å². The van der Waals surface area contributed by atoms with Crippen LogP contribution in [-0.2, 0) is 14.6 Å². The van der Waals surface area contributed by atoms with E-state index in [0.717, 1.165) is 25.3 Å². The van der Waals surface area contributed by atoms with Gasteiger partial charge in [-0.3, -0.25) is 4.18 Å². The Morgan fingerprint density at radius 2 is 1.25 bits per heavy atom. The van der Waals surface area contributed by atoms with Crippen molar-refractivity contribution in [2.45, 2.75) is 96.8 Å². The van der Waals surface area contributed by atoms with Gasteiger partial charge in [-0.1, -0.05) is 69.9 Å². The van der Waals surface area contributed by atoms with Gasteiger partial charge in [0.2, 0.25) is 10.4 Å².